The number of halogens is 1. The average molecular weight is 393 g/mol. The number of carbonyl (C=O) groups excluding carboxylic acids is 2. The van der Waals surface area contributed by atoms with Gasteiger partial charge < -0.3 is 14.4 Å². The van der Waals surface area contributed by atoms with E-state index in [1.165, 1.54) is 10.8 Å². The van der Waals surface area contributed by atoms with Crippen LogP contribution >= 0.6 is 11.6 Å². The molecule has 0 aliphatic carbocycles. The van der Waals surface area contributed by atoms with Crippen LogP contribution in [-0.4, -0.2) is 56.3 Å². The second kappa shape index (κ2) is 7.56. The molecule has 144 valence electrons. The van der Waals surface area contributed by atoms with Crippen molar-refractivity contribution in [1.29, 1.82) is 0 Å². The summed E-state index contributed by atoms with van der Waals surface area (Å²) in [6.07, 6.45) is 5.41. The Morgan fingerprint density at radius 2 is 2.11 bits per heavy atom. The summed E-state index contributed by atoms with van der Waals surface area (Å²) >= 11 is 5.50. The van der Waals surface area contributed by atoms with Gasteiger partial charge in [0.1, 0.15) is 17.5 Å². The minimum absolute atomic E-state index is 0.239. The quantitative estimate of drug-likeness (QED) is 0.589. The molecular weight excluding hydrogens is 372 g/mol. The van der Waals surface area contributed by atoms with Gasteiger partial charge in [-0.2, -0.15) is 5.10 Å². The molecule has 8 nitrogen and oxygen atoms in total. The predicted molar refractivity (Wildman–Crippen MR) is 99.5 cm³/mol. The summed E-state index contributed by atoms with van der Waals surface area (Å²) < 4.78 is 11.8. The maximum atomic E-state index is 12.2. The number of aromatic nitrogens is 3. The molecule has 0 radical (unpaired) electrons. The van der Waals surface area contributed by atoms with Crippen molar-refractivity contribution >= 4 is 34.9 Å². The van der Waals surface area contributed by atoms with Crippen molar-refractivity contribution in [2.75, 3.05) is 19.2 Å². The molecule has 3 heterocycles. The third kappa shape index (κ3) is 4.39. The van der Waals surface area contributed by atoms with Crippen LogP contribution in [0.4, 0.5) is 4.79 Å². The molecule has 0 fully saturated rings. The lowest BCUT2D eigenvalue weighted by molar-refractivity contribution is 0.0270. The van der Waals surface area contributed by atoms with Gasteiger partial charge in [-0.15, -0.1) is 0 Å². The molecule has 3 rings (SSSR count). The zero-order valence-electron chi connectivity index (χ0n) is 15.4. The molecule has 2 aromatic rings. The van der Waals surface area contributed by atoms with Gasteiger partial charge in [0.2, 0.25) is 0 Å². The van der Waals surface area contributed by atoms with Crippen molar-refractivity contribution in [2.45, 2.75) is 32.8 Å². The van der Waals surface area contributed by atoms with Crippen LogP contribution in [0.15, 0.2) is 24.7 Å². The van der Waals surface area contributed by atoms with Crippen LogP contribution < -0.4 is 0 Å². The third-order valence-corrected chi connectivity index (χ3v) is 4.12. The molecule has 27 heavy (non-hydrogen) atoms. The highest BCUT2D eigenvalue weighted by Gasteiger charge is 2.25. The van der Waals surface area contributed by atoms with Crippen molar-refractivity contribution < 1.29 is 19.1 Å². The van der Waals surface area contributed by atoms with Crippen molar-refractivity contribution in [3.8, 4) is 0 Å². The van der Waals surface area contributed by atoms with Crippen LogP contribution in [0.3, 0.4) is 0 Å². The second-order valence-corrected chi connectivity index (χ2v) is 7.34. The first-order valence-corrected chi connectivity index (χ1v) is 9.06. The van der Waals surface area contributed by atoms with Gasteiger partial charge in [0.05, 0.1) is 0 Å². The van der Waals surface area contributed by atoms with Crippen LogP contribution in [0.1, 0.15) is 43.1 Å². The molecule has 0 bridgehead atoms. The van der Waals surface area contributed by atoms with Gasteiger partial charge in [-0.3, -0.25) is 0 Å². The second-order valence-electron chi connectivity index (χ2n) is 7.12. The largest absolute Gasteiger partial charge is 0.446 e. The lowest BCUT2D eigenvalue weighted by atomic mass is 10.00. The number of alkyl halides is 1. The Morgan fingerprint density at radius 1 is 1.33 bits per heavy atom. The van der Waals surface area contributed by atoms with Gasteiger partial charge in [-0.05, 0) is 44.4 Å². The molecule has 1 amide bonds. The molecule has 0 saturated carbocycles. The number of fused-ring (bicyclic) bond motifs is 1. The number of amides is 1. The fraction of sp³-hybridized carbons (Fsp3) is 0.444. The fourth-order valence-corrected chi connectivity index (χ4v) is 2.90. The third-order valence-electron chi connectivity index (χ3n) is 4.01. The summed E-state index contributed by atoms with van der Waals surface area (Å²) in [5.74, 6) is -0.559. The standard InChI is InChI=1S/C18H21ClN4O4/c1-18(2,3)27-17(25)22-6-4-12(5-7-22)13-8-14(16(24)26-10-19)15-20-11-21-23(15)9-13/h4,8-9,11H,5-7,10H2,1-3H3. The van der Waals surface area contributed by atoms with Crippen molar-refractivity contribution in [3.63, 3.8) is 0 Å². The summed E-state index contributed by atoms with van der Waals surface area (Å²) in [6.45, 7) is 6.47. The highest BCUT2D eigenvalue weighted by Crippen LogP contribution is 2.25. The van der Waals surface area contributed by atoms with E-state index in [4.69, 9.17) is 21.1 Å². The lowest BCUT2D eigenvalue weighted by Crippen LogP contribution is -2.39. The first-order valence-electron chi connectivity index (χ1n) is 8.52. The molecule has 0 atom stereocenters. The molecule has 0 saturated heterocycles. The Bertz CT molecular complexity index is 900. The maximum Gasteiger partial charge on any atom is 0.410 e. The maximum absolute atomic E-state index is 12.2. The molecule has 0 aromatic carbocycles. The van der Waals surface area contributed by atoms with E-state index in [1.54, 1.807) is 17.2 Å². The predicted octanol–water partition coefficient (Wildman–Crippen LogP) is 3.11. The van der Waals surface area contributed by atoms with Crippen molar-refractivity contribution in [3.05, 3.63) is 35.8 Å². The average Bonchev–Trinajstić information content (AvgIpc) is 3.08. The van der Waals surface area contributed by atoms with Crippen LogP contribution in [0.2, 0.25) is 0 Å². The van der Waals surface area contributed by atoms with E-state index in [-0.39, 0.29) is 12.2 Å². The zero-order chi connectivity index (χ0) is 19.6. The molecule has 2 aromatic heterocycles. The molecule has 1 aliphatic heterocycles. The minimum Gasteiger partial charge on any atom is -0.446 e. The Balaban J connectivity index is 1.84. The Labute approximate surface area is 161 Å². The Hall–Kier alpha value is -2.61. The van der Waals surface area contributed by atoms with Crippen LogP contribution in [-0.2, 0) is 9.47 Å². The molecule has 0 spiro atoms. The summed E-state index contributed by atoms with van der Waals surface area (Å²) in [4.78, 5) is 30.1. The van der Waals surface area contributed by atoms with Gasteiger partial charge in [0.15, 0.2) is 11.7 Å². The van der Waals surface area contributed by atoms with Gasteiger partial charge in [0.25, 0.3) is 0 Å². The van der Waals surface area contributed by atoms with Gasteiger partial charge in [0, 0.05) is 19.3 Å². The molecule has 0 N–H and O–H groups in total. The first-order chi connectivity index (χ1) is 12.8. The molecular formula is C18H21ClN4O4. The molecule has 1 aliphatic rings. The van der Waals surface area contributed by atoms with Gasteiger partial charge >= 0.3 is 12.1 Å². The van der Waals surface area contributed by atoms with Crippen LogP contribution in [0, 0.1) is 0 Å². The van der Waals surface area contributed by atoms with E-state index in [2.05, 4.69) is 10.1 Å². The van der Waals surface area contributed by atoms with Crippen molar-refractivity contribution in [2.24, 2.45) is 0 Å². The van der Waals surface area contributed by atoms with E-state index in [0.29, 0.717) is 30.7 Å². The van der Waals surface area contributed by atoms with Crippen molar-refractivity contribution in [1.82, 2.24) is 19.5 Å². The number of rotatable bonds is 3. The highest BCUT2D eigenvalue weighted by molar-refractivity contribution is 6.18. The van der Waals surface area contributed by atoms with Crippen LogP contribution in [0.25, 0.3) is 11.2 Å². The summed E-state index contributed by atoms with van der Waals surface area (Å²) in [5.41, 5.74) is 1.99. The topological polar surface area (TPSA) is 86.0 Å². The normalized spacial score (nSPS) is 14.8. The van der Waals surface area contributed by atoms with E-state index >= 15 is 0 Å². The number of carbonyl (C=O) groups is 2. The monoisotopic (exact) mass is 392 g/mol. The summed E-state index contributed by atoms with van der Waals surface area (Å²) in [5, 5.41) is 4.11. The number of hydrogen-bond acceptors (Lipinski definition) is 6. The van der Waals surface area contributed by atoms with Crippen LogP contribution in [0.5, 0.6) is 0 Å². The number of ether oxygens (including phenoxy) is 2. The Morgan fingerprint density at radius 3 is 2.74 bits per heavy atom. The van der Waals surface area contributed by atoms with E-state index in [1.807, 2.05) is 26.8 Å². The summed E-state index contributed by atoms with van der Waals surface area (Å²) in [6, 6.07) is 1.48. The number of pyridine rings is 1. The highest BCUT2D eigenvalue weighted by atomic mass is 35.5. The number of esters is 1. The zero-order valence-corrected chi connectivity index (χ0v) is 16.2. The SMILES string of the molecule is CC(C)(C)OC(=O)N1CC=C(c2cc(C(=O)OCCl)c3ncnn3c2)CC1. The number of hydrogen-bond donors (Lipinski definition) is 0. The van der Waals surface area contributed by atoms with E-state index in [9.17, 15) is 9.59 Å². The first kappa shape index (κ1) is 19.2. The van der Waals surface area contributed by atoms with E-state index < -0.39 is 11.6 Å². The lowest BCUT2D eigenvalue weighted by Gasteiger charge is -2.29. The minimum atomic E-state index is -0.559. The number of nitrogens with zero attached hydrogens (tertiary/aromatic N) is 4. The molecule has 0 unspecified atom stereocenters. The van der Waals surface area contributed by atoms with Gasteiger partial charge in [-0.25, -0.2) is 19.1 Å². The Kier molecular flexibility index (Phi) is 5.36. The summed E-state index contributed by atoms with van der Waals surface area (Å²) in [7, 11) is 0. The van der Waals surface area contributed by atoms with E-state index in [0.717, 1.165) is 11.1 Å². The van der Waals surface area contributed by atoms with Gasteiger partial charge in [-0.1, -0.05) is 17.7 Å². The molecule has 9 heteroatoms. The smallest absolute Gasteiger partial charge is 0.410 e. The fourth-order valence-electron chi connectivity index (χ4n) is 2.80.